The number of anilines is 1. The van der Waals surface area contributed by atoms with E-state index in [1.807, 2.05) is 6.07 Å². The molecule has 0 aliphatic carbocycles. The molecule has 2 rings (SSSR count). The first kappa shape index (κ1) is 9.31. The van der Waals surface area contributed by atoms with Crippen LogP contribution in [-0.2, 0) is 6.42 Å². The number of ether oxygens (including phenoxy) is 1. The topological polar surface area (TPSA) is 34.2 Å². The van der Waals surface area contributed by atoms with Crippen molar-refractivity contribution in [2.75, 3.05) is 18.5 Å². The molecule has 0 fully saturated rings. The molecule has 14 heavy (non-hydrogen) atoms. The van der Waals surface area contributed by atoms with Crippen LogP contribution in [0.4, 0.5) is 5.82 Å². The van der Waals surface area contributed by atoms with Crippen molar-refractivity contribution in [2.45, 2.75) is 26.2 Å². The van der Waals surface area contributed by atoms with Crippen LogP contribution in [0, 0.1) is 0 Å². The Bertz CT molecular complexity index is 312. The summed E-state index contributed by atoms with van der Waals surface area (Å²) in [5.74, 6) is 1.79. The van der Waals surface area contributed by atoms with Gasteiger partial charge >= 0.3 is 0 Å². The molecule has 0 saturated carbocycles. The van der Waals surface area contributed by atoms with E-state index in [0.717, 1.165) is 36.8 Å². The van der Waals surface area contributed by atoms with Gasteiger partial charge in [0.1, 0.15) is 6.61 Å². The van der Waals surface area contributed by atoms with E-state index in [2.05, 4.69) is 23.3 Å². The molecule has 0 atom stereocenters. The van der Waals surface area contributed by atoms with Crippen LogP contribution in [0.3, 0.4) is 0 Å². The van der Waals surface area contributed by atoms with Crippen molar-refractivity contribution >= 4 is 5.82 Å². The van der Waals surface area contributed by atoms with E-state index in [1.165, 1.54) is 12.8 Å². The molecule has 0 spiro atoms. The quantitative estimate of drug-likeness (QED) is 0.797. The summed E-state index contributed by atoms with van der Waals surface area (Å²) in [5.41, 5.74) is 1.16. The second kappa shape index (κ2) is 4.31. The summed E-state index contributed by atoms with van der Waals surface area (Å²) in [5, 5.41) is 3.24. The third-order valence-electron chi connectivity index (χ3n) is 2.35. The number of pyridine rings is 1. The lowest BCUT2D eigenvalue weighted by Crippen LogP contribution is -2.19. The average Bonchev–Trinajstić information content (AvgIpc) is 2.26. The van der Waals surface area contributed by atoms with Gasteiger partial charge in [0.2, 0.25) is 0 Å². The van der Waals surface area contributed by atoms with E-state index < -0.39 is 0 Å². The Morgan fingerprint density at radius 2 is 2.43 bits per heavy atom. The van der Waals surface area contributed by atoms with E-state index in [1.54, 1.807) is 0 Å². The lowest BCUT2D eigenvalue weighted by Gasteiger charge is -2.18. The van der Waals surface area contributed by atoms with Gasteiger partial charge in [0, 0.05) is 5.69 Å². The first-order chi connectivity index (χ1) is 6.90. The summed E-state index contributed by atoms with van der Waals surface area (Å²) in [6.07, 6.45) is 3.47. The highest BCUT2D eigenvalue weighted by molar-refractivity contribution is 5.51. The maximum atomic E-state index is 5.46. The Balaban J connectivity index is 2.12. The van der Waals surface area contributed by atoms with E-state index in [9.17, 15) is 0 Å². The minimum Gasteiger partial charge on any atom is -0.488 e. The number of hydrogen-bond acceptors (Lipinski definition) is 3. The highest BCUT2D eigenvalue weighted by Crippen LogP contribution is 2.25. The number of unbranched alkanes of at least 4 members (excludes halogenated alkanes) is 1. The van der Waals surface area contributed by atoms with Gasteiger partial charge in [-0.2, -0.15) is 0 Å². The monoisotopic (exact) mass is 192 g/mol. The number of aryl methyl sites for hydroxylation is 1. The Labute approximate surface area is 84.5 Å². The largest absolute Gasteiger partial charge is 0.488 e. The van der Waals surface area contributed by atoms with E-state index >= 15 is 0 Å². The molecule has 76 valence electrons. The minimum absolute atomic E-state index is 0.739. The van der Waals surface area contributed by atoms with Gasteiger partial charge < -0.3 is 10.1 Å². The molecule has 0 amide bonds. The summed E-state index contributed by atoms with van der Waals surface area (Å²) < 4.78 is 5.46. The number of fused-ring (bicyclic) bond motifs is 1. The zero-order valence-electron chi connectivity index (χ0n) is 8.55. The fraction of sp³-hybridized carbons (Fsp3) is 0.545. The highest BCUT2D eigenvalue weighted by Gasteiger charge is 2.10. The van der Waals surface area contributed by atoms with Crippen molar-refractivity contribution in [3.8, 4) is 5.75 Å². The first-order valence-corrected chi connectivity index (χ1v) is 5.26. The number of rotatable bonds is 3. The third-order valence-corrected chi connectivity index (χ3v) is 2.35. The maximum absolute atomic E-state index is 5.46. The Kier molecular flexibility index (Phi) is 2.87. The molecule has 1 aromatic heterocycles. The number of hydrogen-bond donors (Lipinski definition) is 1. The standard InChI is InChI=1S/C11H16N2O/c1-2-3-4-9-5-6-10-11(13-9)12-7-8-14-10/h5-6H,2-4,7-8H2,1H3,(H,12,13). The summed E-state index contributed by atoms with van der Waals surface area (Å²) >= 11 is 0. The molecule has 2 heterocycles. The molecule has 0 saturated heterocycles. The molecule has 3 heteroatoms. The molecule has 0 aromatic carbocycles. The van der Waals surface area contributed by atoms with Crippen LogP contribution in [0.2, 0.25) is 0 Å². The van der Waals surface area contributed by atoms with Crippen LogP contribution in [0.5, 0.6) is 5.75 Å². The predicted octanol–water partition coefficient (Wildman–Crippen LogP) is 2.23. The van der Waals surface area contributed by atoms with E-state index in [-0.39, 0.29) is 0 Å². The van der Waals surface area contributed by atoms with Gasteiger partial charge in [0.15, 0.2) is 11.6 Å². The molecule has 1 aromatic rings. The van der Waals surface area contributed by atoms with Crippen LogP contribution in [0.25, 0.3) is 0 Å². The Morgan fingerprint density at radius 3 is 3.29 bits per heavy atom. The molecule has 1 N–H and O–H groups in total. The van der Waals surface area contributed by atoms with Gasteiger partial charge in [0.05, 0.1) is 6.54 Å². The molecule has 0 bridgehead atoms. The molecular weight excluding hydrogens is 176 g/mol. The fourth-order valence-corrected chi connectivity index (χ4v) is 1.56. The molecule has 1 aliphatic heterocycles. The van der Waals surface area contributed by atoms with Gasteiger partial charge in [-0.1, -0.05) is 13.3 Å². The maximum Gasteiger partial charge on any atom is 0.169 e. The summed E-state index contributed by atoms with van der Waals surface area (Å²) in [4.78, 5) is 4.51. The van der Waals surface area contributed by atoms with Gasteiger partial charge in [-0.15, -0.1) is 0 Å². The molecule has 1 aliphatic rings. The second-order valence-corrected chi connectivity index (χ2v) is 3.53. The lowest BCUT2D eigenvalue weighted by atomic mass is 10.2. The third kappa shape index (κ3) is 1.97. The summed E-state index contributed by atoms with van der Waals surface area (Å²) in [6, 6.07) is 4.07. The lowest BCUT2D eigenvalue weighted by molar-refractivity contribution is 0.321. The van der Waals surface area contributed by atoms with Crippen LogP contribution in [-0.4, -0.2) is 18.1 Å². The summed E-state index contributed by atoms with van der Waals surface area (Å²) in [6.45, 7) is 3.79. The molecule has 0 radical (unpaired) electrons. The minimum atomic E-state index is 0.739. The average molecular weight is 192 g/mol. The van der Waals surface area contributed by atoms with E-state index in [0.29, 0.717) is 0 Å². The first-order valence-electron chi connectivity index (χ1n) is 5.26. The number of nitrogens with one attached hydrogen (secondary N) is 1. The van der Waals surface area contributed by atoms with E-state index in [4.69, 9.17) is 4.74 Å². The Hall–Kier alpha value is -1.25. The highest BCUT2D eigenvalue weighted by atomic mass is 16.5. The molecule has 0 unspecified atom stereocenters. The van der Waals surface area contributed by atoms with Crippen molar-refractivity contribution in [1.82, 2.24) is 4.98 Å². The van der Waals surface area contributed by atoms with Crippen LogP contribution < -0.4 is 10.1 Å². The Morgan fingerprint density at radius 1 is 1.50 bits per heavy atom. The van der Waals surface area contributed by atoms with Gasteiger partial charge in [-0.3, -0.25) is 0 Å². The van der Waals surface area contributed by atoms with Crippen molar-refractivity contribution in [1.29, 1.82) is 0 Å². The normalized spacial score (nSPS) is 14.1. The number of nitrogens with zero attached hydrogens (tertiary/aromatic N) is 1. The van der Waals surface area contributed by atoms with Crippen LogP contribution in [0.1, 0.15) is 25.5 Å². The zero-order chi connectivity index (χ0) is 9.80. The fourth-order valence-electron chi connectivity index (χ4n) is 1.56. The predicted molar refractivity (Wildman–Crippen MR) is 56.8 cm³/mol. The van der Waals surface area contributed by atoms with Crippen LogP contribution >= 0.6 is 0 Å². The summed E-state index contributed by atoms with van der Waals surface area (Å²) in [7, 11) is 0. The molecule has 3 nitrogen and oxygen atoms in total. The van der Waals surface area contributed by atoms with Gasteiger partial charge in [-0.05, 0) is 25.0 Å². The zero-order valence-corrected chi connectivity index (χ0v) is 8.55. The van der Waals surface area contributed by atoms with Gasteiger partial charge in [-0.25, -0.2) is 4.98 Å². The van der Waals surface area contributed by atoms with Crippen LogP contribution in [0.15, 0.2) is 12.1 Å². The number of aromatic nitrogens is 1. The van der Waals surface area contributed by atoms with Gasteiger partial charge in [0.25, 0.3) is 0 Å². The van der Waals surface area contributed by atoms with Crippen molar-refractivity contribution < 1.29 is 4.74 Å². The second-order valence-electron chi connectivity index (χ2n) is 3.53. The van der Waals surface area contributed by atoms with Crippen molar-refractivity contribution in [3.63, 3.8) is 0 Å². The SMILES string of the molecule is CCCCc1ccc2c(n1)NCCO2. The van der Waals surface area contributed by atoms with Crippen molar-refractivity contribution in [3.05, 3.63) is 17.8 Å². The van der Waals surface area contributed by atoms with Crippen molar-refractivity contribution in [2.24, 2.45) is 0 Å². The smallest absolute Gasteiger partial charge is 0.169 e. The molecular formula is C11H16N2O.